The van der Waals surface area contributed by atoms with Crippen LogP contribution in [0.1, 0.15) is 32.3 Å². The van der Waals surface area contributed by atoms with Gasteiger partial charge in [-0.1, -0.05) is 82.8 Å². The number of anilines is 1. The molecule has 1 heterocycles. The lowest BCUT2D eigenvalue weighted by Gasteiger charge is -2.15. The lowest BCUT2D eigenvalue weighted by Crippen LogP contribution is -2.10. The van der Waals surface area contributed by atoms with Crippen LogP contribution in [-0.4, -0.2) is 23.0 Å². The highest BCUT2D eigenvalue weighted by molar-refractivity contribution is 8.02. The highest BCUT2D eigenvalue weighted by atomic mass is 32.2. The second-order valence-electron chi connectivity index (χ2n) is 5.76. The number of carbonyl (C=O) groups excluding carboxylic acids is 1. The number of benzene rings is 2. The van der Waals surface area contributed by atoms with Gasteiger partial charge >= 0.3 is 0 Å². The van der Waals surface area contributed by atoms with Crippen LogP contribution in [-0.2, 0) is 0 Å². The molecule has 0 aliphatic carbocycles. The molecule has 0 bridgehead atoms. The van der Waals surface area contributed by atoms with E-state index in [4.69, 9.17) is 0 Å². The molecule has 0 amide bonds. The molecule has 1 aromatic heterocycles. The van der Waals surface area contributed by atoms with E-state index in [1.165, 1.54) is 28.7 Å². The van der Waals surface area contributed by atoms with Gasteiger partial charge < -0.3 is 5.32 Å². The number of carbonyl (C=O) groups is 1. The zero-order chi connectivity index (χ0) is 17.8. The first-order valence-electron chi connectivity index (χ1n) is 7.92. The number of nitrogens with one attached hydrogen (secondary N) is 1. The Balaban J connectivity index is 1.94. The summed E-state index contributed by atoms with van der Waals surface area (Å²) in [7, 11) is 1.81. The van der Waals surface area contributed by atoms with Crippen LogP contribution in [0, 0.1) is 13.8 Å². The normalized spacial score (nSPS) is 12.0. The van der Waals surface area contributed by atoms with Crippen LogP contribution in [0.3, 0.4) is 0 Å². The van der Waals surface area contributed by atoms with Crippen molar-refractivity contribution in [3.05, 3.63) is 70.8 Å². The number of thioether (sulfide) groups is 1. The fourth-order valence-electron chi connectivity index (χ4n) is 2.34. The summed E-state index contributed by atoms with van der Waals surface area (Å²) < 4.78 is 0.774. The molecule has 0 spiro atoms. The number of ketones is 1. The molecular formula is C19H19N3OS2. The summed E-state index contributed by atoms with van der Waals surface area (Å²) in [5.41, 5.74) is 3.99. The zero-order valence-corrected chi connectivity index (χ0v) is 15.9. The Morgan fingerprint density at radius 3 is 2.16 bits per heavy atom. The van der Waals surface area contributed by atoms with E-state index in [-0.39, 0.29) is 11.0 Å². The van der Waals surface area contributed by atoms with Gasteiger partial charge in [-0.3, -0.25) is 4.79 Å². The first-order chi connectivity index (χ1) is 12.1. The average molecular weight is 370 g/mol. The van der Waals surface area contributed by atoms with Crippen molar-refractivity contribution in [3.8, 4) is 0 Å². The fourth-order valence-corrected chi connectivity index (χ4v) is 4.32. The maximum Gasteiger partial charge on any atom is 0.206 e. The van der Waals surface area contributed by atoms with Gasteiger partial charge in [-0.2, -0.15) is 0 Å². The number of hydrogen-bond donors (Lipinski definition) is 1. The molecule has 2 aromatic carbocycles. The molecule has 0 aliphatic heterocycles. The summed E-state index contributed by atoms with van der Waals surface area (Å²) in [6, 6.07) is 15.8. The molecule has 3 aromatic rings. The van der Waals surface area contributed by atoms with E-state index < -0.39 is 0 Å². The van der Waals surface area contributed by atoms with Gasteiger partial charge in [0, 0.05) is 12.6 Å². The number of hydrogen-bond acceptors (Lipinski definition) is 6. The van der Waals surface area contributed by atoms with E-state index in [1.54, 1.807) is 0 Å². The van der Waals surface area contributed by atoms with Crippen LogP contribution >= 0.6 is 23.1 Å². The van der Waals surface area contributed by atoms with Gasteiger partial charge in [-0.05, 0) is 19.4 Å². The first-order valence-corrected chi connectivity index (χ1v) is 9.62. The van der Waals surface area contributed by atoms with Crippen LogP contribution in [0.4, 0.5) is 5.13 Å². The molecule has 25 heavy (non-hydrogen) atoms. The predicted molar refractivity (Wildman–Crippen MR) is 105 cm³/mol. The third kappa shape index (κ3) is 4.27. The lowest BCUT2D eigenvalue weighted by molar-refractivity contribution is 0.0989. The van der Waals surface area contributed by atoms with E-state index in [1.807, 2.05) is 69.4 Å². The minimum atomic E-state index is -0.346. The number of aryl methyl sites for hydroxylation is 2. The predicted octanol–water partition coefficient (Wildman–Crippen LogP) is 4.91. The second-order valence-corrected chi connectivity index (χ2v) is 8.09. The first kappa shape index (κ1) is 17.6. The molecule has 0 saturated heterocycles. The Labute approximate surface area is 155 Å². The number of aromatic nitrogens is 2. The number of nitrogens with zero attached hydrogens (tertiary/aromatic N) is 2. The molecule has 0 aliphatic rings. The topological polar surface area (TPSA) is 54.9 Å². The minimum Gasteiger partial charge on any atom is -0.363 e. The molecule has 0 radical (unpaired) electrons. The van der Waals surface area contributed by atoms with Gasteiger partial charge in [0.1, 0.15) is 0 Å². The Morgan fingerprint density at radius 2 is 1.60 bits per heavy atom. The fraction of sp³-hybridized carbons (Fsp3) is 0.211. The van der Waals surface area contributed by atoms with E-state index in [0.717, 1.165) is 20.6 Å². The Morgan fingerprint density at radius 1 is 1.00 bits per heavy atom. The van der Waals surface area contributed by atoms with E-state index in [2.05, 4.69) is 15.5 Å². The SMILES string of the molecule is CNc1nnc(S[C@@H](C(=O)c2ccc(C)cc2)c2ccc(C)cc2)s1. The molecule has 1 atom stereocenters. The molecule has 6 heteroatoms. The van der Waals surface area contributed by atoms with Crippen molar-refractivity contribution in [2.75, 3.05) is 12.4 Å². The molecule has 4 nitrogen and oxygen atoms in total. The van der Waals surface area contributed by atoms with Gasteiger partial charge in [-0.15, -0.1) is 10.2 Å². The van der Waals surface area contributed by atoms with Gasteiger partial charge in [-0.25, -0.2) is 0 Å². The van der Waals surface area contributed by atoms with Crippen molar-refractivity contribution in [1.82, 2.24) is 10.2 Å². The average Bonchev–Trinajstić information content (AvgIpc) is 3.08. The third-order valence-corrected chi connectivity index (χ3v) is 6.07. The summed E-state index contributed by atoms with van der Waals surface area (Å²) in [6.07, 6.45) is 0. The number of rotatable bonds is 6. The standard InChI is InChI=1S/C19H19N3OS2/c1-12-4-8-14(9-5-12)16(23)17(15-10-6-13(2)7-11-15)24-19-22-21-18(20-3)25-19/h4-11,17H,1-3H3,(H,20,21)/t17-/m1/s1. The second kappa shape index (κ2) is 7.80. The summed E-state index contributed by atoms with van der Waals surface area (Å²) in [6.45, 7) is 4.05. The van der Waals surface area contributed by atoms with Gasteiger partial charge in [0.25, 0.3) is 0 Å². The Kier molecular flexibility index (Phi) is 5.50. The minimum absolute atomic E-state index is 0.0788. The maximum absolute atomic E-state index is 13.1. The van der Waals surface area contributed by atoms with Crippen molar-refractivity contribution < 1.29 is 4.79 Å². The maximum atomic E-state index is 13.1. The van der Waals surface area contributed by atoms with Crippen molar-refractivity contribution in [2.45, 2.75) is 23.4 Å². The van der Waals surface area contributed by atoms with Crippen molar-refractivity contribution in [3.63, 3.8) is 0 Å². The van der Waals surface area contributed by atoms with Gasteiger partial charge in [0.15, 0.2) is 10.1 Å². The van der Waals surface area contributed by atoms with Crippen LogP contribution in [0.2, 0.25) is 0 Å². The van der Waals surface area contributed by atoms with Crippen LogP contribution in [0.15, 0.2) is 52.9 Å². The van der Waals surface area contributed by atoms with E-state index in [9.17, 15) is 4.79 Å². The van der Waals surface area contributed by atoms with Gasteiger partial charge in [0.2, 0.25) is 5.13 Å². The highest BCUT2D eigenvalue weighted by Gasteiger charge is 2.25. The molecule has 3 rings (SSSR count). The van der Waals surface area contributed by atoms with Crippen molar-refractivity contribution >= 4 is 34.0 Å². The van der Waals surface area contributed by atoms with Crippen LogP contribution in [0.25, 0.3) is 0 Å². The zero-order valence-electron chi connectivity index (χ0n) is 14.3. The molecule has 0 fully saturated rings. The van der Waals surface area contributed by atoms with Crippen LogP contribution < -0.4 is 5.32 Å². The molecule has 0 unspecified atom stereocenters. The Hall–Kier alpha value is -2.18. The van der Waals surface area contributed by atoms with Gasteiger partial charge in [0.05, 0.1) is 5.25 Å². The molecule has 1 N–H and O–H groups in total. The summed E-state index contributed by atoms with van der Waals surface area (Å²) in [5, 5.41) is 11.6. The quantitative estimate of drug-likeness (QED) is 0.494. The highest BCUT2D eigenvalue weighted by Crippen LogP contribution is 2.40. The summed E-state index contributed by atoms with van der Waals surface area (Å²) in [4.78, 5) is 13.1. The smallest absolute Gasteiger partial charge is 0.206 e. The third-order valence-electron chi connectivity index (χ3n) is 3.79. The number of Topliss-reactive ketones (excluding diaryl/α,β-unsaturated/α-hetero) is 1. The van der Waals surface area contributed by atoms with E-state index >= 15 is 0 Å². The van der Waals surface area contributed by atoms with Crippen LogP contribution in [0.5, 0.6) is 0 Å². The summed E-state index contributed by atoms with van der Waals surface area (Å²) in [5.74, 6) is 0.0788. The largest absolute Gasteiger partial charge is 0.363 e. The van der Waals surface area contributed by atoms with Crippen molar-refractivity contribution in [2.24, 2.45) is 0 Å². The molecule has 0 saturated carbocycles. The van der Waals surface area contributed by atoms with E-state index in [0.29, 0.717) is 5.56 Å². The summed E-state index contributed by atoms with van der Waals surface area (Å²) >= 11 is 2.90. The molecule has 128 valence electrons. The van der Waals surface area contributed by atoms with Crippen molar-refractivity contribution in [1.29, 1.82) is 0 Å². The Bertz CT molecular complexity index is 857. The molecular weight excluding hydrogens is 350 g/mol. The monoisotopic (exact) mass is 369 g/mol. The lowest BCUT2D eigenvalue weighted by atomic mass is 10.0.